The van der Waals surface area contributed by atoms with Crippen molar-refractivity contribution in [2.24, 2.45) is 4.99 Å². The average Bonchev–Trinajstić information content (AvgIpc) is 3.22. The largest absolute Gasteiger partial charge is 1.00 e. The maximum Gasteiger partial charge on any atom is 0.0748 e. The Morgan fingerprint density at radius 1 is 0.869 bits per heavy atom. The number of likely N-dealkylation sites (N-methyl/N-ethyl adjacent to an activating group) is 2. The van der Waals surface area contributed by atoms with E-state index >= 15 is 0 Å². The molecule has 1 aliphatic carbocycles. The average molecular weight is 1050 g/mol. The fourth-order valence-electron chi connectivity index (χ4n) is 6.87. The van der Waals surface area contributed by atoms with Gasteiger partial charge in [0, 0.05) is 18.7 Å². The van der Waals surface area contributed by atoms with Gasteiger partial charge in [-0.05, 0) is 50.7 Å². The van der Waals surface area contributed by atoms with E-state index < -0.39 is 11.4 Å². The molecule has 0 saturated heterocycles. The Labute approximate surface area is 392 Å². The van der Waals surface area contributed by atoms with Gasteiger partial charge in [0.05, 0.1) is 32.1 Å². The van der Waals surface area contributed by atoms with Crippen molar-refractivity contribution in [3.05, 3.63) is 98.7 Å². The van der Waals surface area contributed by atoms with E-state index in [0.717, 1.165) is 73.4 Å². The summed E-state index contributed by atoms with van der Waals surface area (Å²) in [5.41, 5.74) is 7.16. The van der Waals surface area contributed by atoms with Crippen LogP contribution in [-0.2, 0) is 15.7 Å². The van der Waals surface area contributed by atoms with E-state index in [1.807, 2.05) is 0 Å². The predicted octanol–water partition coefficient (Wildman–Crippen LogP) is 0.531. The van der Waals surface area contributed by atoms with Crippen molar-refractivity contribution in [3.8, 4) is 10.6 Å². The van der Waals surface area contributed by atoms with Crippen LogP contribution in [0.3, 0.4) is 0 Å². The minimum absolute atomic E-state index is 0. The van der Waals surface area contributed by atoms with Gasteiger partial charge in [0.1, 0.15) is 12.6 Å². The number of halogens is 1. The van der Waals surface area contributed by atoms with Gasteiger partial charge in [-0.1, -0.05) is 19.9 Å². The van der Waals surface area contributed by atoms with Crippen molar-refractivity contribution in [1.29, 1.82) is 0 Å². The van der Waals surface area contributed by atoms with Gasteiger partial charge in [0.2, 0.25) is 5.36 Å². The molecule has 2 atom stereocenters. The topological polar surface area (TPSA) is 134 Å². The molecule has 12 nitrogen and oxygen atoms in total. The van der Waals surface area contributed by atoms with Gasteiger partial charge in [0.25, 0.3) is 0 Å². The second kappa shape index (κ2) is 26.9. The van der Waals surface area contributed by atoms with Crippen LogP contribution in [-0.4, -0.2) is 141 Å². The zero-order chi connectivity index (χ0) is 43.8. The molecule has 0 spiro atoms. The smallest absolute Gasteiger partial charge is 0.0748 e. The van der Waals surface area contributed by atoms with Gasteiger partial charge in [-0.25, -0.2) is 13.8 Å². The molecule has 0 fully saturated rings. The van der Waals surface area contributed by atoms with E-state index in [2.05, 4.69) is 164 Å². The molecular formula is C45H63IN7O5S2Se-2. The summed E-state index contributed by atoms with van der Waals surface area (Å²) in [4.78, 5) is 20.3. The molecule has 16 heteroatoms. The van der Waals surface area contributed by atoms with E-state index in [9.17, 15) is 5.11 Å². The van der Waals surface area contributed by atoms with Gasteiger partial charge in [-0.15, -0.1) is 11.3 Å². The quantitative estimate of drug-likeness (QED) is 0.0263. The first-order valence-corrected chi connectivity index (χ1v) is 24.1. The molecule has 2 aliphatic heterocycles. The molecule has 3 aliphatic rings. The summed E-state index contributed by atoms with van der Waals surface area (Å²) in [6.45, 7) is 19.3. The van der Waals surface area contributed by atoms with Crippen LogP contribution >= 0.6 is 11.3 Å². The Hall–Kier alpha value is -2.58. The fraction of sp³-hybridized carbons (Fsp3) is 0.467. The standard InChI is InChI=1S/C23H33N4Se.C22H30N3OS.HI.H2O4S/c1-18-8-10-20-22(16-18)28-23-17-19(9-11-21(23)24-20)27(14-6-12-25(2)3)15-7-13-26(4)5;1-5-24(6-2)14-18(26)15-25(7-3)17-9-11-20-22(13-17)27-21-12-16(4)8-10-19(21)23-20;;1-4-5(2)3/h8-11,16-17H,6-7,12-15H2,1-5H3;8-13,18,26H,5-7,14-15H2,1-4H3;1H;1H,(H,2,3)/q;+1;;/p-3. The molecule has 2 heterocycles. The van der Waals surface area contributed by atoms with Gasteiger partial charge in [0.15, 0.2) is 6.54 Å². The Kier molecular flexibility index (Phi) is 23.3. The maximum atomic E-state index is 10.5. The van der Waals surface area contributed by atoms with Crippen LogP contribution in [0.15, 0.2) is 77.8 Å². The Morgan fingerprint density at radius 3 is 2.11 bits per heavy atom. The first-order valence-electron chi connectivity index (χ1n) is 20.6. The number of aromatic nitrogens is 1. The molecule has 2 unspecified atom stereocenters. The summed E-state index contributed by atoms with van der Waals surface area (Å²) in [6, 6.07) is 26.4. The van der Waals surface area contributed by atoms with E-state index in [1.54, 1.807) is 11.3 Å². The molecule has 0 saturated carbocycles. The number of hydrogen-bond donors (Lipinski definition) is 1. The predicted molar refractivity (Wildman–Crippen MR) is 247 cm³/mol. The van der Waals surface area contributed by atoms with Crippen LogP contribution in [0, 0.1) is 17.9 Å². The molecule has 3 aromatic rings. The number of aliphatic hydroxyl groups excluding tert-OH is 1. The summed E-state index contributed by atoms with van der Waals surface area (Å²) in [6.07, 6.45) is 2.01. The van der Waals surface area contributed by atoms with Gasteiger partial charge in [-0.3, -0.25) is 0 Å². The van der Waals surface area contributed by atoms with E-state index in [1.165, 1.54) is 47.8 Å². The van der Waals surface area contributed by atoms with Crippen molar-refractivity contribution in [1.82, 2.24) is 24.3 Å². The number of rotatable bonds is 17. The fourth-order valence-corrected chi connectivity index (χ4v) is 10.3. The number of aryl methyl sites for hydroxylation is 2. The summed E-state index contributed by atoms with van der Waals surface area (Å²) in [7, 11) is 8.61. The Bertz CT molecular complexity index is 2310. The number of aliphatic hydroxyl groups is 1. The second-order valence-electron chi connectivity index (χ2n) is 15.4. The molecule has 1 N–H and O–H groups in total. The minimum Gasteiger partial charge on any atom is -1.00 e. The van der Waals surface area contributed by atoms with Crippen LogP contribution in [0.25, 0.3) is 20.8 Å². The molecule has 6 rings (SSSR count). The first kappa shape index (κ1) is 52.8. The van der Waals surface area contributed by atoms with Gasteiger partial charge >= 0.3 is 176 Å². The zero-order valence-corrected chi connectivity index (χ0v) is 42.6. The molecule has 0 amide bonds. The molecular weight excluding hydrogens is 989 g/mol. The van der Waals surface area contributed by atoms with Crippen molar-refractivity contribution >= 4 is 63.3 Å². The Morgan fingerprint density at radius 2 is 1.51 bits per heavy atom. The third-order valence-electron chi connectivity index (χ3n) is 10.1. The molecule has 0 aromatic heterocycles. The van der Waals surface area contributed by atoms with Crippen LogP contribution in [0.2, 0.25) is 0 Å². The van der Waals surface area contributed by atoms with Gasteiger partial charge in [-0.2, -0.15) is 0 Å². The third-order valence-corrected chi connectivity index (χ3v) is 13.6. The maximum absolute atomic E-state index is 10.5. The monoisotopic (exact) mass is 1050 g/mol. The summed E-state index contributed by atoms with van der Waals surface area (Å²) >= 11 is -0.767. The van der Waals surface area contributed by atoms with Crippen molar-refractivity contribution in [2.45, 2.75) is 53.6 Å². The number of hydrogen-bond acceptors (Lipinski definition) is 12. The summed E-state index contributed by atoms with van der Waals surface area (Å²) < 4.78 is 26.4. The minimum atomic E-state index is -2.88. The third kappa shape index (κ3) is 17.1. The van der Waals surface area contributed by atoms with Gasteiger partial charge < -0.3 is 48.1 Å². The summed E-state index contributed by atoms with van der Waals surface area (Å²) in [5, 5.41) is 21.4. The van der Waals surface area contributed by atoms with E-state index in [0.29, 0.717) is 27.6 Å². The second-order valence-corrected chi connectivity index (χ2v) is 19.3. The zero-order valence-electron chi connectivity index (χ0n) is 37.1. The molecule has 335 valence electrons. The van der Waals surface area contributed by atoms with Crippen LogP contribution < -0.4 is 53.9 Å². The number of fused-ring (bicyclic) bond motifs is 4. The number of nitrogens with zero attached hydrogens (tertiary/aromatic N) is 7. The van der Waals surface area contributed by atoms with Crippen LogP contribution in [0.1, 0.15) is 44.7 Å². The van der Waals surface area contributed by atoms with Crippen molar-refractivity contribution in [3.63, 3.8) is 0 Å². The Balaban J connectivity index is 0.000000289. The van der Waals surface area contributed by atoms with Crippen LogP contribution in [0.4, 0.5) is 11.4 Å². The molecule has 1 radical (unpaired) electrons. The molecule has 61 heavy (non-hydrogen) atoms. The molecule has 3 aromatic carbocycles. The van der Waals surface area contributed by atoms with E-state index in [4.69, 9.17) is 24.0 Å². The van der Waals surface area contributed by atoms with Crippen LogP contribution in [0.5, 0.6) is 0 Å². The summed E-state index contributed by atoms with van der Waals surface area (Å²) in [5.74, 6) is 0. The number of anilines is 1. The SMILES string of the molecule is CCN(CC)CC(O)C[N+](CC)=c1ccc2nc3ccc(C)cc3sc-2c1.Cc1ccc2c(c1)[Se]=c1cc(N(CCCN(C)C)CCCN(C)C)ccc1=N2.O=S([O-])O[O-].[I-]. The van der Waals surface area contributed by atoms with Crippen molar-refractivity contribution < 1.29 is 47.4 Å². The van der Waals surface area contributed by atoms with Crippen molar-refractivity contribution in [2.75, 3.05) is 92.0 Å². The van der Waals surface area contributed by atoms with E-state index in [-0.39, 0.29) is 30.1 Å². The first-order chi connectivity index (χ1) is 28.7. The normalized spacial score (nSPS) is 13.2. The molecule has 0 bridgehead atoms. The number of benzene rings is 4.